The largest absolute Gasteiger partial charge is 0.491 e. The van der Waals surface area contributed by atoms with E-state index < -0.39 is 5.79 Å². The van der Waals surface area contributed by atoms with Gasteiger partial charge in [0.25, 0.3) is 0 Å². The first kappa shape index (κ1) is 32.7. The van der Waals surface area contributed by atoms with E-state index >= 15 is 0 Å². The molecular weight excluding hydrogens is 644 g/mol. The quantitative estimate of drug-likeness (QED) is 0.177. The molecule has 8 rings (SSSR count). The van der Waals surface area contributed by atoms with E-state index in [-0.39, 0.29) is 17.8 Å². The number of hydrogen-bond acceptors (Lipinski definition) is 9. The maximum Gasteiger partial charge on any atom is 0.350 e. The summed E-state index contributed by atoms with van der Waals surface area (Å²) in [4.78, 5) is 19.3. The topological polar surface area (TPSA) is 105 Å². The third kappa shape index (κ3) is 6.72. The molecule has 4 aromatic carbocycles. The van der Waals surface area contributed by atoms with Crippen LogP contribution in [-0.2, 0) is 21.8 Å². The molecule has 262 valence electrons. The third-order valence-electron chi connectivity index (χ3n) is 9.86. The van der Waals surface area contributed by atoms with Crippen LogP contribution in [0.15, 0.2) is 114 Å². The van der Waals surface area contributed by atoms with Crippen molar-refractivity contribution >= 4 is 22.4 Å². The highest BCUT2D eigenvalue weighted by Crippen LogP contribution is 2.36. The fourth-order valence-electron chi connectivity index (χ4n) is 6.78. The monoisotopic (exact) mass is 686 g/mol. The van der Waals surface area contributed by atoms with Gasteiger partial charge >= 0.3 is 5.69 Å². The first-order valence-corrected chi connectivity index (χ1v) is 17.6. The Bertz CT molecular complexity index is 2090. The van der Waals surface area contributed by atoms with E-state index in [2.05, 4.69) is 56.3 Å². The van der Waals surface area contributed by atoms with Crippen molar-refractivity contribution in [3.8, 4) is 11.4 Å². The van der Waals surface area contributed by atoms with Crippen LogP contribution in [0.4, 0.5) is 11.4 Å². The zero-order valence-corrected chi connectivity index (χ0v) is 28.9. The number of benzene rings is 4. The smallest absolute Gasteiger partial charge is 0.350 e. The molecule has 1 unspecified atom stereocenters. The molecule has 2 aromatic heterocycles. The van der Waals surface area contributed by atoms with Crippen LogP contribution in [0, 0.1) is 0 Å². The minimum atomic E-state index is -1.02. The summed E-state index contributed by atoms with van der Waals surface area (Å²) < 4.78 is 22.3. The molecule has 2 aliphatic rings. The summed E-state index contributed by atoms with van der Waals surface area (Å²) in [5.74, 6) is -0.234. The number of aromatic nitrogens is 6. The Labute approximate surface area is 296 Å². The molecule has 12 nitrogen and oxygen atoms in total. The van der Waals surface area contributed by atoms with Crippen LogP contribution in [0.2, 0.25) is 0 Å². The molecule has 0 N–H and O–H groups in total. The predicted molar refractivity (Wildman–Crippen MR) is 196 cm³/mol. The molecule has 2 saturated heterocycles. The van der Waals surface area contributed by atoms with Crippen molar-refractivity contribution in [3.63, 3.8) is 0 Å². The summed E-state index contributed by atoms with van der Waals surface area (Å²) in [6.07, 6.45) is 2.20. The average molecular weight is 687 g/mol. The van der Waals surface area contributed by atoms with Crippen molar-refractivity contribution in [1.29, 1.82) is 0 Å². The molecule has 12 heteroatoms. The van der Waals surface area contributed by atoms with Gasteiger partial charge in [0, 0.05) is 43.1 Å². The molecule has 3 atom stereocenters. The lowest BCUT2D eigenvalue weighted by atomic mass is 10.1. The fraction of sp³-hybridized carbons (Fsp3) is 0.333. The lowest BCUT2D eigenvalue weighted by Gasteiger charge is -2.37. The van der Waals surface area contributed by atoms with Crippen molar-refractivity contribution in [2.45, 2.75) is 44.7 Å². The molecule has 0 radical (unpaired) electrons. The van der Waals surface area contributed by atoms with Gasteiger partial charge in [-0.05, 0) is 74.0 Å². The number of hydrogen-bond donors (Lipinski definition) is 0. The van der Waals surface area contributed by atoms with Crippen molar-refractivity contribution < 1.29 is 14.2 Å². The van der Waals surface area contributed by atoms with E-state index in [1.165, 1.54) is 0 Å². The molecule has 51 heavy (non-hydrogen) atoms. The van der Waals surface area contributed by atoms with Crippen molar-refractivity contribution in [2.24, 2.45) is 0 Å². The van der Waals surface area contributed by atoms with Crippen LogP contribution in [-0.4, -0.2) is 74.8 Å². The second kappa shape index (κ2) is 14.0. The first-order valence-electron chi connectivity index (χ1n) is 17.6. The molecule has 0 spiro atoms. The lowest BCUT2D eigenvalue weighted by molar-refractivity contribution is -0.192. The van der Waals surface area contributed by atoms with E-state index in [1.807, 2.05) is 85.8 Å². The highest BCUT2D eigenvalue weighted by molar-refractivity contribution is 5.73. The van der Waals surface area contributed by atoms with E-state index in [9.17, 15) is 4.79 Å². The fourth-order valence-corrected chi connectivity index (χ4v) is 6.78. The van der Waals surface area contributed by atoms with Gasteiger partial charge in [0.15, 0.2) is 0 Å². The Kier molecular flexibility index (Phi) is 9.01. The van der Waals surface area contributed by atoms with E-state index in [0.29, 0.717) is 19.8 Å². The second-order valence-electron chi connectivity index (χ2n) is 13.2. The maximum absolute atomic E-state index is 12.8. The number of fused-ring (bicyclic) bond motifs is 1. The van der Waals surface area contributed by atoms with Gasteiger partial charge in [-0.25, -0.2) is 14.0 Å². The molecule has 6 aromatic rings. The summed E-state index contributed by atoms with van der Waals surface area (Å²) in [6.45, 7) is 8.73. The normalized spacial score (nSPS) is 19.8. The molecular formula is C39H42N8O4. The lowest BCUT2D eigenvalue weighted by Crippen LogP contribution is -2.46. The zero-order chi connectivity index (χ0) is 34.8. The highest BCUT2D eigenvalue weighted by atomic mass is 16.8. The van der Waals surface area contributed by atoms with Crippen LogP contribution in [0.25, 0.3) is 16.7 Å². The summed E-state index contributed by atoms with van der Waals surface area (Å²) in [5.41, 5.74) is 5.60. The number of ether oxygens (including phenoxy) is 3. The highest BCUT2D eigenvalue weighted by Gasteiger charge is 2.44. The molecule has 0 bridgehead atoms. The van der Waals surface area contributed by atoms with E-state index in [0.717, 1.165) is 72.0 Å². The van der Waals surface area contributed by atoms with Crippen LogP contribution in [0.3, 0.4) is 0 Å². The van der Waals surface area contributed by atoms with Gasteiger partial charge in [0.05, 0.1) is 18.3 Å². The van der Waals surface area contributed by atoms with E-state index in [4.69, 9.17) is 14.2 Å². The number of anilines is 2. The van der Waals surface area contributed by atoms with Gasteiger partial charge in [0.1, 0.15) is 42.4 Å². The van der Waals surface area contributed by atoms with Gasteiger partial charge in [0.2, 0.25) is 5.79 Å². The van der Waals surface area contributed by atoms with Gasteiger partial charge in [-0.15, -0.1) is 0 Å². The van der Waals surface area contributed by atoms with Crippen LogP contribution < -0.4 is 20.2 Å². The number of nitrogens with zero attached hydrogens (tertiary/aromatic N) is 8. The average Bonchev–Trinajstić information content (AvgIpc) is 3.91. The molecule has 4 heterocycles. The van der Waals surface area contributed by atoms with Crippen molar-refractivity contribution in [1.82, 2.24) is 29.3 Å². The minimum Gasteiger partial charge on any atom is -0.491 e. The second-order valence-corrected chi connectivity index (χ2v) is 13.2. The molecule has 2 aliphatic heterocycles. The van der Waals surface area contributed by atoms with Gasteiger partial charge in [-0.1, -0.05) is 49.4 Å². The summed E-state index contributed by atoms with van der Waals surface area (Å²) >= 11 is 0. The Morgan fingerprint density at radius 1 is 0.804 bits per heavy atom. The Balaban J connectivity index is 0.852. The summed E-state index contributed by atoms with van der Waals surface area (Å²) in [7, 11) is 0. The van der Waals surface area contributed by atoms with Crippen molar-refractivity contribution in [2.75, 3.05) is 49.2 Å². The Morgan fingerprint density at radius 3 is 2.02 bits per heavy atom. The third-order valence-corrected chi connectivity index (χ3v) is 9.86. The summed E-state index contributed by atoms with van der Waals surface area (Å²) in [5, 5.41) is 13.6. The van der Waals surface area contributed by atoms with Crippen molar-refractivity contribution in [3.05, 3.63) is 126 Å². The van der Waals surface area contributed by atoms with Gasteiger partial charge < -0.3 is 24.0 Å². The SMILES string of the molecule is CCC(C)n1ncn(-c2ccc(N3CCN(c4ccc(OC[C@@H]5CO[C@@](Cn6nc7ccccc7n6)(c6ccccc6)O5)cc4)CC3)cc2)c1=O. The maximum atomic E-state index is 12.8. The zero-order valence-electron chi connectivity index (χ0n) is 28.9. The van der Waals surface area contributed by atoms with Gasteiger partial charge in [-0.2, -0.15) is 20.1 Å². The Hall–Kier alpha value is -5.46. The summed E-state index contributed by atoms with van der Waals surface area (Å²) in [6, 6.07) is 34.3. The standard InChI is InChI=1S/C39H42N8O4/c1-3-29(2)47-38(48)45(28-40-47)33-15-13-31(14-16-33)43-21-23-44(24-22-43)32-17-19-34(20-18-32)49-25-35-26-50-39(51-35,30-9-5-4-6-10-30)27-46-41-36-11-7-8-12-37(36)42-46/h4-20,28-29,35H,3,21-27H2,1-2H3/t29?,35-,39-/m1/s1. The van der Waals surface area contributed by atoms with Crippen LogP contribution in [0.1, 0.15) is 31.9 Å². The number of rotatable bonds is 11. The van der Waals surface area contributed by atoms with E-state index in [1.54, 1.807) is 20.4 Å². The van der Waals surface area contributed by atoms with Crippen LogP contribution >= 0.6 is 0 Å². The minimum absolute atomic E-state index is 0.0694. The molecule has 0 saturated carbocycles. The van der Waals surface area contributed by atoms with Crippen LogP contribution in [0.5, 0.6) is 5.75 Å². The molecule has 0 amide bonds. The van der Waals surface area contributed by atoms with Gasteiger partial charge in [-0.3, -0.25) is 0 Å². The molecule has 0 aliphatic carbocycles. The Morgan fingerprint density at radius 2 is 1.39 bits per heavy atom. The molecule has 2 fully saturated rings. The predicted octanol–water partition coefficient (Wildman–Crippen LogP) is 5.42. The first-order chi connectivity index (χ1) is 25.0. The number of piperazine rings is 1.